The maximum Gasteiger partial charge on any atom is 0.326 e. The number of ether oxygens (including phenoxy) is 1. The van der Waals surface area contributed by atoms with Gasteiger partial charge in [-0.15, -0.1) is 11.3 Å². The number of Topliss-reactive ketones (excluding diaryl/α,β-unsaturated/α-hetero) is 1. The maximum absolute atomic E-state index is 12.1. The summed E-state index contributed by atoms with van der Waals surface area (Å²) < 4.78 is 5.65. The molecule has 0 aromatic carbocycles. The molecule has 2 rings (SSSR count). The Kier molecular flexibility index (Phi) is 5.20. The summed E-state index contributed by atoms with van der Waals surface area (Å²) in [6, 6.07) is 2.71. The summed E-state index contributed by atoms with van der Waals surface area (Å²) in [5.74, 6) is -1.63. The van der Waals surface area contributed by atoms with Crippen LogP contribution in [0, 0.1) is 0 Å². The third-order valence-corrected chi connectivity index (χ3v) is 5.22. The first-order chi connectivity index (χ1) is 10.8. The van der Waals surface area contributed by atoms with Gasteiger partial charge in [0.15, 0.2) is 6.61 Å². The van der Waals surface area contributed by atoms with Crippen LogP contribution in [0.4, 0.5) is 4.79 Å². The number of nitrogens with zero attached hydrogens (tertiary/aromatic N) is 1. The van der Waals surface area contributed by atoms with Crippen LogP contribution in [0.25, 0.3) is 0 Å². The van der Waals surface area contributed by atoms with Gasteiger partial charge in [-0.1, -0.05) is 6.92 Å². The number of rotatable bonds is 6. The number of esters is 1. The number of nitrogens with one attached hydrogen (secondary N) is 1. The SMILES string of the molecule is CC[C@]1(C)NC(=O)N(CC(=O)OCC(=O)c2ccc(Br)s2)C1=O. The van der Waals surface area contributed by atoms with E-state index in [4.69, 9.17) is 4.74 Å². The van der Waals surface area contributed by atoms with Crippen LogP contribution in [-0.2, 0) is 14.3 Å². The largest absolute Gasteiger partial charge is 0.456 e. The molecular formula is C14H15BrN2O5S. The summed E-state index contributed by atoms with van der Waals surface area (Å²) in [5.41, 5.74) is -1.00. The molecule has 124 valence electrons. The lowest BCUT2D eigenvalue weighted by Gasteiger charge is -2.18. The number of carbonyl (C=O) groups excluding carboxylic acids is 4. The van der Waals surface area contributed by atoms with Crippen LogP contribution in [0.5, 0.6) is 0 Å². The molecule has 9 heteroatoms. The molecule has 0 unspecified atom stereocenters. The molecule has 1 saturated heterocycles. The molecule has 3 amide bonds. The zero-order valence-corrected chi connectivity index (χ0v) is 15.0. The molecular weight excluding hydrogens is 388 g/mol. The van der Waals surface area contributed by atoms with Crippen LogP contribution >= 0.6 is 27.3 Å². The standard InChI is InChI=1S/C14H15BrN2O5S/c1-3-14(2)12(20)17(13(21)16-14)6-11(19)22-7-8(18)9-4-5-10(15)23-9/h4-5H,3,6-7H2,1-2H3,(H,16,21)/t14-/m0/s1. The van der Waals surface area contributed by atoms with Crippen LogP contribution in [0.15, 0.2) is 15.9 Å². The van der Waals surface area contributed by atoms with E-state index in [0.717, 1.165) is 8.69 Å². The van der Waals surface area contributed by atoms with Crippen molar-refractivity contribution in [3.05, 3.63) is 20.8 Å². The normalized spacial score (nSPS) is 20.6. The Morgan fingerprint density at radius 3 is 2.61 bits per heavy atom. The van der Waals surface area contributed by atoms with Crippen molar-refractivity contribution in [3.63, 3.8) is 0 Å². The second kappa shape index (κ2) is 6.79. The molecule has 1 aliphatic rings. The van der Waals surface area contributed by atoms with E-state index in [1.807, 2.05) is 0 Å². The minimum absolute atomic E-state index is 0.343. The third kappa shape index (κ3) is 3.78. The molecule has 1 aromatic heterocycles. The highest BCUT2D eigenvalue weighted by atomic mass is 79.9. The summed E-state index contributed by atoms with van der Waals surface area (Å²) in [6.07, 6.45) is 0.412. The van der Waals surface area contributed by atoms with Gasteiger partial charge in [0.05, 0.1) is 8.66 Å². The number of hydrogen-bond donors (Lipinski definition) is 1. The zero-order valence-electron chi connectivity index (χ0n) is 12.6. The van der Waals surface area contributed by atoms with Gasteiger partial charge in [0.2, 0.25) is 5.78 Å². The predicted molar refractivity (Wildman–Crippen MR) is 86.2 cm³/mol. The summed E-state index contributed by atoms with van der Waals surface area (Å²) in [6.45, 7) is 2.41. The quantitative estimate of drug-likeness (QED) is 0.445. The van der Waals surface area contributed by atoms with Gasteiger partial charge in [-0.25, -0.2) is 4.79 Å². The van der Waals surface area contributed by atoms with Crippen molar-refractivity contribution in [1.82, 2.24) is 10.2 Å². The highest BCUT2D eigenvalue weighted by Crippen LogP contribution is 2.23. The molecule has 0 aliphatic carbocycles. The van der Waals surface area contributed by atoms with Crippen molar-refractivity contribution < 1.29 is 23.9 Å². The van der Waals surface area contributed by atoms with Gasteiger partial charge in [-0.2, -0.15) is 0 Å². The van der Waals surface area contributed by atoms with Gasteiger partial charge in [0.1, 0.15) is 12.1 Å². The molecule has 0 saturated carbocycles. The second-order valence-electron chi connectivity index (χ2n) is 5.19. The number of carbonyl (C=O) groups is 4. The van der Waals surface area contributed by atoms with Crippen molar-refractivity contribution >= 4 is 51.0 Å². The Hall–Kier alpha value is -1.74. The highest BCUT2D eigenvalue weighted by Gasteiger charge is 2.47. The molecule has 1 atom stereocenters. The minimum atomic E-state index is -1.00. The number of hydrogen-bond acceptors (Lipinski definition) is 6. The van der Waals surface area contributed by atoms with Crippen LogP contribution < -0.4 is 5.32 Å². The molecule has 0 radical (unpaired) electrons. The predicted octanol–water partition coefficient (Wildman–Crippen LogP) is 1.96. The van der Waals surface area contributed by atoms with Crippen molar-refractivity contribution in [1.29, 1.82) is 0 Å². The van der Waals surface area contributed by atoms with E-state index in [0.29, 0.717) is 11.3 Å². The summed E-state index contributed by atoms with van der Waals surface area (Å²) in [7, 11) is 0. The summed E-state index contributed by atoms with van der Waals surface area (Å²) >= 11 is 4.47. The van der Waals surface area contributed by atoms with Crippen molar-refractivity contribution in [2.75, 3.05) is 13.2 Å². The number of imide groups is 1. The van der Waals surface area contributed by atoms with E-state index >= 15 is 0 Å². The van der Waals surface area contributed by atoms with E-state index in [9.17, 15) is 19.2 Å². The van der Waals surface area contributed by atoms with Crippen molar-refractivity contribution in [3.8, 4) is 0 Å². The van der Waals surface area contributed by atoms with Gasteiger partial charge in [0.25, 0.3) is 5.91 Å². The first kappa shape index (κ1) is 17.6. The van der Waals surface area contributed by atoms with Gasteiger partial charge in [-0.05, 0) is 41.4 Å². The third-order valence-electron chi connectivity index (χ3n) is 3.55. The lowest BCUT2D eigenvalue weighted by atomic mass is 9.99. The van der Waals surface area contributed by atoms with Crippen molar-refractivity contribution in [2.24, 2.45) is 0 Å². The monoisotopic (exact) mass is 402 g/mol. The minimum Gasteiger partial charge on any atom is -0.456 e. The van der Waals surface area contributed by atoms with E-state index in [1.54, 1.807) is 26.0 Å². The fourth-order valence-corrected chi connectivity index (χ4v) is 3.30. The average Bonchev–Trinajstić information content (AvgIpc) is 3.03. The molecule has 23 heavy (non-hydrogen) atoms. The van der Waals surface area contributed by atoms with Crippen LogP contribution in [-0.4, -0.2) is 47.3 Å². The highest BCUT2D eigenvalue weighted by molar-refractivity contribution is 9.11. The second-order valence-corrected chi connectivity index (χ2v) is 7.66. The molecule has 1 N–H and O–H groups in total. The van der Waals surface area contributed by atoms with Gasteiger partial charge < -0.3 is 10.1 Å². The van der Waals surface area contributed by atoms with Gasteiger partial charge in [-0.3, -0.25) is 19.3 Å². The molecule has 2 heterocycles. The Morgan fingerprint density at radius 1 is 1.39 bits per heavy atom. The molecule has 1 fully saturated rings. The van der Waals surface area contributed by atoms with E-state index < -0.39 is 36.6 Å². The molecule has 7 nitrogen and oxygen atoms in total. The smallest absolute Gasteiger partial charge is 0.326 e. The van der Waals surface area contributed by atoms with Crippen LogP contribution in [0.2, 0.25) is 0 Å². The molecule has 0 bridgehead atoms. The fourth-order valence-electron chi connectivity index (χ4n) is 1.99. The Morgan fingerprint density at radius 2 is 2.09 bits per heavy atom. The number of urea groups is 1. The Labute approximate surface area is 145 Å². The zero-order chi connectivity index (χ0) is 17.2. The maximum atomic E-state index is 12.1. The molecule has 1 aromatic rings. The Bertz CT molecular complexity index is 674. The van der Waals surface area contributed by atoms with Gasteiger partial charge in [0, 0.05) is 0 Å². The summed E-state index contributed by atoms with van der Waals surface area (Å²) in [4.78, 5) is 48.8. The van der Waals surface area contributed by atoms with E-state index in [2.05, 4.69) is 21.2 Å². The fraction of sp³-hybridized carbons (Fsp3) is 0.429. The number of amides is 3. The average molecular weight is 403 g/mol. The first-order valence-electron chi connectivity index (χ1n) is 6.85. The number of halogens is 1. The van der Waals surface area contributed by atoms with Crippen LogP contribution in [0.3, 0.4) is 0 Å². The van der Waals surface area contributed by atoms with E-state index in [-0.39, 0.29) is 5.78 Å². The molecule has 1 aliphatic heterocycles. The Balaban J connectivity index is 1.89. The lowest BCUT2D eigenvalue weighted by molar-refractivity contribution is -0.146. The number of ketones is 1. The molecule has 0 spiro atoms. The lowest BCUT2D eigenvalue weighted by Crippen LogP contribution is -2.43. The number of thiophene rings is 1. The van der Waals surface area contributed by atoms with E-state index in [1.165, 1.54) is 11.3 Å². The first-order valence-corrected chi connectivity index (χ1v) is 8.46. The van der Waals surface area contributed by atoms with Gasteiger partial charge >= 0.3 is 12.0 Å². The summed E-state index contributed by atoms with van der Waals surface area (Å²) in [5, 5.41) is 2.54. The topological polar surface area (TPSA) is 92.8 Å². The van der Waals surface area contributed by atoms with Crippen molar-refractivity contribution in [2.45, 2.75) is 25.8 Å². The van der Waals surface area contributed by atoms with Crippen LogP contribution in [0.1, 0.15) is 29.9 Å².